The number of likely N-dealkylation sites (tertiary alicyclic amines) is 2. The SMILES string of the molecule is C=CCOC(=O)C1=C(S[C@H]2C[C@@H](C(=O)N3CCC(O)C(C(=O)OCC)C3)N(C(=O)OCC=C)C2)[C@H](C)[C@@H]2[C@@H]([C@@H](C)O)C(=O)N12. The van der Waals surface area contributed by atoms with Crippen molar-refractivity contribution in [1.82, 2.24) is 14.7 Å². The number of piperidine rings is 1. The Bertz CT molecular complexity index is 1220. The maximum Gasteiger partial charge on any atom is 0.410 e. The van der Waals surface area contributed by atoms with E-state index in [2.05, 4.69) is 13.2 Å². The number of amides is 3. The van der Waals surface area contributed by atoms with Crippen molar-refractivity contribution in [2.45, 2.75) is 63.2 Å². The smallest absolute Gasteiger partial charge is 0.410 e. The highest BCUT2D eigenvalue weighted by Gasteiger charge is 2.60. The number of fused-ring (bicyclic) bond motifs is 1. The summed E-state index contributed by atoms with van der Waals surface area (Å²) in [5, 5.41) is 20.3. The van der Waals surface area contributed by atoms with E-state index >= 15 is 0 Å². The molecule has 8 atom stereocenters. The molecule has 13 nitrogen and oxygen atoms in total. The highest BCUT2D eigenvalue weighted by atomic mass is 32.2. The Kier molecular flexibility index (Phi) is 10.8. The topological polar surface area (TPSA) is 163 Å². The quantitative estimate of drug-likeness (QED) is 0.144. The summed E-state index contributed by atoms with van der Waals surface area (Å²) < 4.78 is 15.7. The monoisotopic (exact) mass is 635 g/mol. The fourth-order valence-electron chi connectivity index (χ4n) is 6.42. The molecule has 0 aliphatic carbocycles. The molecular weight excluding hydrogens is 594 g/mol. The number of ether oxygens (including phenoxy) is 3. The van der Waals surface area contributed by atoms with Gasteiger partial charge in [0.05, 0.1) is 30.8 Å². The number of esters is 2. The van der Waals surface area contributed by atoms with Gasteiger partial charge < -0.3 is 34.2 Å². The third-order valence-corrected chi connectivity index (χ3v) is 10.0. The van der Waals surface area contributed by atoms with E-state index in [1.165, 1.54) is 38.6 Å². The lowest BCUT2D eigenvalue weighted by Gasteiger charge is -2.46. The van der Waals surface area contributed by atoms with E-state index in [-0.39, 0.29) is 75.1 Å². The molecule has 4 heterocycles. The van der Waals surface area contributed by atoms with Gasteiger partial charge in [-0.05, 0) is 26.7 Å². The third kappa shape index (κ3) is 6.38. The van der Waals surface area contributed by atoms with Crippen LogP contribution in [0.1, 0.15) is 33.6 Å². The van der Waals surface area contributed by atoms with Gasteiger partial charge >= 0.3 is 18.0 Å². The van der Waals surface area contributed by atoms with E-state index in [4.69, 9.17) is 14.2 Å². The number of aliphatic hydroxyl groups is 2. The van der Waals surface area contributed by atoms with E-state index in [1.54, 1.807) is 13.8 Å². The molecule has 4 aliphatic heterocycles. The predicted molar refractivity (Wildman–Crippen MR) is 159 cm³/mol. The highest BCUT2D eigenvalue weighted by molar-refractivity contribution is 8.03. The van der Waals surface area contributed by atoms with Gasteiger partial charge in [-0.25, -0.2) is 9.59 Å². The van der Waals surface area contributed by atoms with E-state index in [0.29, 0.717) is 4.91 Å². The maximum absolute atomic E-state index is 13.9. The summed E-state index contributed by atoms with van der Waals surface area (Å²) in [6.45, 7) is 12.5. The van der Waals surface area contributed by atoms with Crippen LogP contribution in [0.25, 0.3) is 0 Å². The molecule has 3 fully saturated rings. The van der Waals surface area contributed by atoms with E-state index in [1.807, 2.05) is 6.92 Å². The first-order valence-corrected chi connectivity index (χ1v) is 15.7. The lowest BCUT2D eigenvalue weighted by molar-refractivity contribution is -0.164. The first-order valence-electron chi connectivity index (χ1n) is 14.8. The van der Waals surface area contributed by atoms with Crippen LogP contribution < -0.4 is 0 Å². The van der Waals surface area contributed by atoms with Crippen molar-refractivity contribution < 1.29 is 48.4 Å². The number of nitrogens with zero attached hydrogens (tertiary/aromatic N) is 3. The van der Waals surface area contributed by atoms with Gasteiger partial charge in [0.15, 0.2) is 0 Å². The zero-order valence-electron chi connectivity index (χ0n) is 25.3. The first-order chi connectivity index (χ1) is 21.0. The number of aliphatic hydroxyl groups excluding tert-OH is 2. The maximum atomic E-state index is 13.9. The van der Waals surface area contributed by atoms with Gasteiger partial charge in [0.25, 0.3) is 0 Å². The number of hydrogen-bond donors (Lipinski definition) is 2. The molecule has 242 valence electrons. The van der Waals surface area contributed by atoms with Gasteiger partial charge in [0.2, 0.25) is 11.8 Å². The molecule has 0 bridgehead atoms. The second-order valence-corrected chi connectivity index (χ2v) is 12.7. The number of carbonyl (C=O) groups excluding carboxylic acids is 5. The lowest BCUT2D eigenvalue weighted by Crippen LogP contribution is -2.63. The number of hydrogen-bond acceptors (Lipinski definition) is 11. The zero-order chi connectivity index (χ0) is 32.3. The van der Waals surface area contributed by atoms with Gasteiger partial charge in [-0.1, -0.05) is 32.2 Å². The summed E-state index contributed by atoms with van der Waals surface area (Å²) in [5.74, 6) is -3.93. The van der Waals surface area contributed by atoms with Crippen molar-refractivity contribution in [1.29, 1.82) is 0 Å². The van der Waals surface area contributed by atoms with Crippen molar-refractivity contribution in [3.63, 3.8) is 0 Å². The average molecular weight is 636 g/mol. The minimum atomic E-state index is -0.952. The molecule has 0 aromatic rings. The molecule has 0 spiro atoms. The first kappa shape index (κ1) is 33.5. The second-order valence-electron chi connectivity index (χ2n) is 11.4. The van der Waals surface area contributed by atoms with Crippen LogP contribution in [0.4, 0.5) is 4.79 Å². The Morgan fingerprint density at radius 1 is 1.11 bits per heavy atom. The van der Waals surface area contributed by atoms with Crippen LogP contribution in [0.5, 0.6) is 0 Å². The van der Waals surface area contributed by atoms with Crippen LogP contribution in [0.2, 0.25) is 0 Å². The van der Waals surface area contributed by atoms with Gasteiger partial charge in [-0.2, -0.15) is 0 Å². The Morgan fingerprint density at radius 2 is 1.80 bits per heavy atom. The summed E-state index contributed by atoms with van der Waals surface area (Å²) >= 11 is 1.30. The van der Waals surface area contributed by atoms with Crippen molar-refractivity contribution in [3.8, 4) is 0 Å². The Hall–Kier alpha value is -3.36. The minimum Gasteiger partial charge on any atom is -0.466 e. The molecular formula is C30H41N3O10S. The lowest BCUT2D eigenvalue weighted by atomic mass is 9.79. The largest absolute Gasteiger partial charge is 0.466 e. The van der Waals surface area contributed by atoms with Gasteiger partial charge in [-0.3, -0.25) is 19.3 Å². The Balaban J connectivity index is 1.59. The molecule has 4 rings (SSSR count). The number of thioether (sulfide) groups is 1. The fourth-order valence-corrected chi connectivity index (χ4v) is 7.94. The van der Waals surface area contributed by atoms with Gasteiger partial charge in [0, 0.05) is 35.7 Å². The van der Waals surface area contributed by atoms with Crippen LogP contribution in [0, 0.1) is 17.8 Å². The molecule has 3 saturated heterocycles. The van der Waals surface area contributed by atoms with E-state index < -0.39 is 60.1 Å². The standard InChI is InChI=1S/C30H41N3O10S/c1-6-11-42-29(39)24-25(16(4)23-22(17(5)34)27(37)33(23)24)44-18-13-20(32(14-18)30(40)43-12-7-2)26(36)31-10-9-21(35)19(15-31)28(38)41-8-3/h6-7,16-23,34-35H,1-2,8-15H2,3-5H3/t16-,17-,18+,19?,20+,21?,22-,23-/m1/s1. The number of carbonyl (C=O) groups is 5. The molecule has 0 radical (unpaired) electrons. The van der Waals surface area contributed by atoms with Crippen LogP contribution in [-0.4, -0.2) is 124 Å². The van der Waals surface area contributed by atoms with Crippen LogP contribution in [0.3, 0.4) is 0 Å². The summed E-state index contributed by atoms with van der Waals surface area (Å²) in [7, 11) is 0. The van der Waals surface area contributed by atoms with E-state index in [0.717, 1.165) is 0 Å². The molecule has 2 unspecified atom stereocenters. The summed E-state index contributed by atoms with van der Waals surface area (Å²) in [4.78, 5) is 70.4. The van der Waals surface area contributed by atoms with Crippen molar-refractivity contribution >= 4 is 41.6 Å². The minimum absolute atomic E-state index is 0.0519. The third-order valence-electron chi connectivity index (χ3n) is 8.51. The molecule has 0 aromatic heterocycles. The van der Waals surface area contributed by atoms with Crippen molar-refractivity contribution in [2.24, 2.45) is 17.8 Å². The predicted octanol–water partition coefficient (Wildman–Crippen LogP) is 1.06. The summed E-state index contributed by atoms with van der Waals surface area (Å²) in [5.41, 5.74) is 0.106. The number of β-lactam (4-membered cyclic amide) rings is 1. The van der Waals surface area contributed by atoms with Gasteiger partial charge in [0.1, 0.15) is 30.9 Å². The second kappa shape index (κ2) is 14.2. The molecule has 0 saturated carbocycles. The number of rotatable bonds is 11. The summed E-state index contributed by atoms with van der Waals surface area (Å²) in [6.07, 6.45) is 0.648. The average Bonchev–Trinajstić information content (AvgIpc) is 3.51. The molecule has 3 amide bonds. The van der Waals surface area contributed by atoms with Gasteiger partial charge in [-0.15, -0.1) is 11.8 Å². The molecule has 44 heavy (non-hydrogen) atoms. The van der Waals surface area contributed by atoms with Crippen molar-refractivity contribution in [3.05, 3.63) is 35.9 Å². The molecule has 2 N–H and O–H groups in total. The zero-order valence-corrected chi connectivity index (χ0v) is 26.1. The molecule has 0 aromatic carbocycles. The van der Waals surface area contributed by atoms with Crippen LogP contribution in [-0.2, 0) is 33.4 Å². The Labute approximate surface area is 260 Å². The molecule has 14 heteroatoms. The van der Waals surface area contributed by atoms with Crippen LogP contribution >= 0.6 is 11.8 Å². The summed E-state index contributed by atoms with van der Waals surface area (Å²) in [6, 6.07) is -1.36. The molecule has 4 aliphatic rings. The Morgan fingerprint density at radius 3 is 2.43 bits per heavy atom. The highest BCUT2D eigenvalue weighted by Crippen LogP contribution is 2.52. The normalized spacial score (nSPS) is 30.3. The van der Waals surface area contributed by atoms with E-state index in [9.17, 15) is 34.2 Å². The van der Waals surface area contributed by atoms with Crippen LogP contribution in [0.15, 0.2) is 35.9 Å². The van der Waals surface area contributed by atoms with Crippen molar-refractivity contribution in [2.75, 3.05) is 39.5 Å². The fraction of sp³-hybridized carbons (Fsp3) is 0.633.